The molecule has 0 spiro atoms. The van der Waals surface area contributed by atoms with Gasteiger partial charge in [-0.05, 0) is 25.7 Å². The zero-order chi connectivity index (χ0) is 8.55. The van der Waals surface area contributed by atoms with Crippen LogP contribution in [0, 0.1) is 0 Å². The lowest BCUT2D eigenvalue weighted by Gasteiger charge is -2.12. The summed E-state index contributed by atoms with van der Waals surface area (Å²) in [7, 11) is 0. The number of rotatable bonds is 1. The van der Waals surface area contributed by atoms with Crippen LogP contribution in [0.1, 0.15) is 30.8 Å². The van der Waals surface area contributed by atoms with Crippen molar-refractivity contribution in [3.05, 3.63) is 17.7 Å². The van der Waals surface area contributed by atoms with E-state index in [1.165, 1.54) is 6.33 Å². The minimum absolute atomic E-state index is 0.733. The van der Waals surface area contributed by atoms with Crippen LogP contribution in [0.3, 0.4) is 0 Å². The van der Waals surface area contributed by atoms with Gasteiger partial charge >= 0.3 is 6.55 Å². The lowest BCUT2D eigenvalue weighted by Crippen LogP contribution is -2.08. The van der Waals surface area contributed by atoms with Gasteiger partial charge in [-0.15, -0.1) is 0 Å². The average molecular weight is 172 g/mol. The highest BCUT2D eigenvalue weighted by Crippen LogP contribution is 2.23. The molecule has 2 nitrogen and oxygen atoms in total. The lowest BCUT2D eigenvalue weighted by atomic mass is 10.0. The molecule has 1 aliphatic rings. The molecule has 0 N–H and O–H groups in total. The van der Waals surface area contributed by atoms with Gasteiger partial charge in [0.2, 0.25) is 0 Å². The first-order valence-electron chi connectivity index (χ1n) is 4.12. The molecule has 0 aliphatic heterocycles. The van der Waals surface area contributed by atoms with Gasteiger partial charge in [0.1, 0.15) is 0 Å². The van der Waals surface area contributed by atoms with E-state index < -0.39 is 6.55 Å². The highest BCUT2D eigenvalue weighted by Gasteiger charge is 2.18. The molecule has 0 unspecified atom stereocenters. The van der Waals surface area contributed by atoms with Crippen LogP contribution in [0.5, 0.6) is 0 Å². The van der Waals surface area contributed by atoms with Crippen molar-refractivity contribution in [2.24, 2.45) is 0 Å². The lowest BCUT2D eigenvalue weighted by molar-refractivity contribution is 0.0668. The Morgan fingerprint density at radius 2 is 2.08 bits per heavy atom. The molecule has 66 valence electrons. The average Bonchev–Trinajstić information content (AvgIpc) is 2.47. The molecule has 12 heavy (non-hydrogen) atoms. The van der Waals surface area contributed by atoms with Crippen molar-refractivity contribution in [3.63, 3.8) is 0 Å². The number of halogens is 2. The zero-order valence-electron chi connectivity index (χ0n) is 6.63. The highest BCUT2D eigenvalue weighted by atomic mass is 19.3. The Morgan fingerprint density at radius 1 is 1.33 bits per heavy atom. The first-order valence-corrected chi connectivity index (χ1v) is 4.12. The van der Waals surface area contributed by atoms with Crippen molar-refractivity contribution in [2.75, 3.05) is 0 Å². The van der Waals surface area contributed by atoms with Gasteiger partial charge in [-0.1, -0.05) is 0 Å². The molecular weight excluding hydrogens is 162 g/mol. The van der Waals surface area contributed by atoms with Gasteiger partial charge in [-0.25, -0.2) is 4.98 Å². The molecule has 0 bridgehead atoms. The molecule has 0 saturated heterocycles. The Balaban J connectivity index is 2.38. The van der Waals surface area contributed by atoms with Gasteiger partial charge in [0.05, 0.1) is 12.0 Å². The van der Waals surface area contributed by atoms with E-state index in [4.69, 9.17) is 0 Å². The zero-order valence-corrected chi connectivity index (χ0v) is 6.63. The maximum atomic E-state index is 12.3. The summed E-state index contributed by atoms with van der Waals surface area (Å²) in [6, 6.07) is 0. The van der Waals surface area contributed by atoms with Crippen LogP contribution in [-0.2, 0) is 12.8 Å². The minimum atomic E-state index is -2.43. The smallest absolute Gasteiger partial charge is 0.277 e. The monoisotopic (exact) mass is 172 g/mol. The Hall–Kier alpha value is -0.930. The molecule has 0 amide bonds. The van der Waals surface area contributed by atoms with E-state index in [1.54, 1.807) is 0 Å². The van der Waals surface area contributed by atoms with Crippen LogP contribution in [-0.4, -0.2) is 9.55 Å². The fraction of sp³-hybridized carbons (Fsp3) is 0.625. The fourth-order valence-electron chi connectivity index (χ4n) is 1.66. The normalized spacial score (nSPS) is 16.6. The summed E-state index contributed by atoms with van der Waals surface area (Å²) in [5.74, 6) is 0. The second kappa shape index (κ2) is 2.84. The molecule has 0 radical (unpaired) electrons. The molecule has 1 aliphatic carbocycles. The van der Waals surface area contributed by atoms with Gasteiger partial charge in [-0.3, -0.25) is 4.57 Å². The van der Waals surface area contributed by atoms with E-state index in [0.717, 1.165) is 41.6 Å². The summed E-state index contributed by atoms with van der Waals surface area (Å²) in [5.41, 5.74) is 1.60. The third-order valence-corrected chi connectivity index (χ3v) is 2.27. The highest BCUT2D eigenvalue weighted by molar-refractivity contribution is 5.16. The third kappa shape index (κ3) is 1.11. The van der Waals surface area contributed by atoms with Crippen molar-refractivity contribution in [1.29, 1.82) is 0 Å². The molecule has 1 heterocycles. The Morgan fingerprint density at radius 3 is 2.83 bits per heavy atom. The first-order chi connectivity index (χ1) is 5.79. The maximum Gasteiger partial charge on any atom is 0.319 e. The van der Waals surface area contributed by atoms with E-state index in [9.17, 15) is 8.78 Å². The number of alkyl halides is 2. The molecule has 0 atom stereocenters. The minimum Gasteiger partial charge on any atom is -0.277 e. The SMILES string of the molecule is FC(F)n1cnc2c1CCCC2. The molecule has 1 aromatic rings. The predicted molar refractivity (Wildman–Crippen MR) is 40.1 cm³/mol. The van der Waals surface area contributed by atoms with Crippen molar-refractivity contribution in [2.45, 2.75) is 32.2 Å². The topological polar surface area (TPSA) is 17.8 Å². The van der Waals surface area contributed by atoms with Gasteiger partial charge in [-0.2, -0.15) is 8.78 Å². The summed E-state index contributed by atoms with van der Waals surface area (Å²) in [4.78, 5) is 3.96. The number of fused-ring (bicyclic) bond motifs is 1. The summed E-state index contributed by atoms with van der Waals surface area (Å²) < 4.78 is 25.6. The molecule has 2 rings (SSSR count). The second-order valence-corrected chi connectivity index (χ2v) is 3.03. The summed E-state index contributed by atoms with van der Waals surface area (Å²) in [6.07, 6.45) is 4.94. The Kier molecular flexibility index (Phi) is 1.83. The van der Waals surface area contributed by atoms with Crippen LogP contribution >= 0.6 is 0 Å². The van der Waals surface area contributed by atoms with E-state index in [-0.39, 0.29) is 0 Å². The van der Waals surface area contributed by atoms with Crippen molar-refractivity contribution in [3.8, 4) is 0 Å². The number of hydrogen-bond donors (Lipinski definition) is 0. The Labute approximate surface area is 69.2 Å². The third-order valence-electron chi connectivity index (χ3n) is 2.27. The van der Waals surface area contributed by atoms with E-state index in [1.807, 2.05) is 0 Å². The van der Waals surface area contributed by atoms with Crippen LogP contribution in [0.2, 0.25) is 0 Å². The van der Waals surface area contributed by atoms with Gasteiger partial charge in [0.25, 0.3) is 0 Å². The largest absolute Gasteiger partial charge is 0.319 e. The molecular formula is C8H10F2N2. The second-order valence-electron chi connectivity index (χ2n) is 3.03. The summed E-state index contributed by atoms with van der Waals surface area (Å²) in [5, 5.41) is 0. The Bertz CT molecular complexity index is 281. The predicted octanol–water partition coefficient (Wildman–Crippen LogP) is 2.16. The maximum absolute atomic E-state index is 12.3. The van der Waals surface area contributed by atoms with Crippen LogP contribution < -0.4 is 0 Å². The molecule has 0 saturated carbocycles. The van der Waals surface area contributed by atoms with E-state index in [0.29, 0.717) is 0 Å². The number of aryl methyl sites for hydroxylation is 1. The van der Waals surface area contributed by atoms with Crippen molar-refractivity contribution >= 4 is 0 Å². The van der Waals surface area contributed by atoms with E-state index in [2.05, 4.69) is 4.98 Å². The quantitative estimate of drug-likeness (QED) is 0.634. The number of hydrogen-bond acceptors (Lipinski definition) is 1. The fourth-order valence-corrected chi connectivity index (χ4v) is 1.66. The first kappa shape index (κ1) is 7.71. The number of nitrogens with zero attached hydrogens (tertiary/aromatic N) is 2. The van der Waals surface area contributed by atoms with E-state index >= 15 is 0 Å². The van der Waals surface area contributed by atoms with Crippen LogP contribution in [0.4, 0.5) is 8.78 Å². The molecule has 1 aromatic heterocycles. The van der Waals surface area contributed by atoms with Gasteiger partial charge in [0.15, 0.2) is 0 Å². The molecule has 4 heteroatoms. The summed E-state index contributed by atoms with van der Waals surface area (Å²) >= 11 is 0. The van der Waals surface area contributed by atoms with Crippen molar-refractivity contribution < 1.29 is 8.78 Å². The van der Waals surface area contributed by atoms with Gasteiger partial charge < -0.3 is 0 Å². The standard InChI is InChI=1S/C8H10F2N2/c9-8(10)12-5-11-6-3-1-2-4-7(6)12/h5,8H,1-4H2. The number of aromatic nitrogens is 2. The van der Waals surface area contributed by atoms with Gasteiger partial charge in [0, 0.05) is 5.69 Å². The van der Waals surface area contributed by atoms with Crippen LogP contribution in [0.25, 0.3) is 0 Å². The van der Waals surface area contributed by atoms with Crippen LogP contribution in [0.15, 0.2) is 6.33 Å². The summed E-state index contributed by atoms with van der Waals surface area (Å²) in [6.45, 7) is -2.43. The number of imidazole rings is 1. The van der Waals surface area contributed by atoms with Crippen molar-refractivity contribution in [1.82, 2.24) is 9.55 Å². The molecule has 0 fully saturated rings. The molecule has 0 aromatic carbocycles.